The summed E-state index contributed by atoms with van der Waals surface area (Å²) >= 11 is 0. The van der Waals surface area contributed by atoms with Gasteiger partial charge in [0, 0.05) is 38.2 Å². The summed E-state index contributed by atoms with van der Waals surface area (Å²) in [6.45, 7) is 4.57. The zero-order valence-corrected chi connectivity index (χ0v) is 12.2. The van der Waals surface area contributed by atoms with E-state index in [4.69, 9.17) is 4.74 Å². The van der Waals surface area contributed by atoms with Crippen molar-refractivity contribution in [2.45, 2.75) is 19.3 Å². The van der Waals surface area contributed by atoms with Gasteiger partial charge in [0.05, 0.1) is 7.11 Å². The van der Waals surface area contributed by atoms with E-state index in [-0.39, 0.29) is 17.8 Å². The Labute approximate surface area is 122 Å². The van der Waals surface area contributed by atoms with Crippen LogP contribution >= 0.6 is 0 Å². The number of carbonyl (C=O) groups excluding carboxylic acids is 2. The molecule has 1 aliphatic heterocycles. The molecule has 0 radical (unpaired) electrons. The summed E-state index contributed by atoms with van der Waals surface area (Å²) in [5, 5.41) is 0. The van der Waals surface area contributed by atoms with Crippen LogP contribution in [0.25, 0.3) is 0 Å². The van der Waals surface area contributed by atoms with Crippen molar-refractivity contribution < 1.29 is 14.3 Å². The molecule has 1 aromatic heterocycles. The van der Waals surface area contributed by atoms with Gasteiger partial charge in [-0.05, 0) is 5.92 Å². The van der Waals surface area contributed by atoms with Crippen LogP contribution in [0, 0.1) is 0 Å². The second kappa shape index (κ2) is 5.31. The molecule has 3 rings (SSSR count). The minimum Gasteiger partial charge on any atom is -0.453 e. The molecule has 0 spiro atoms. The molecule has 1 saturated heterocycles. The Balaban J connectivity index is 1.81. The van der Waals surface area contributed by atoms with Crippen LogP contribution < -0.4 is 4.90 Å². The van der Waals surface area contributed by atoms with Crippen LogP contribution in [0.5, 0.6) is 0 Å². The van der Waals surface area contributed by atoms with E-state index in [9.17, 15) is 9.59 Å². The van der Waals surface area contributed by atoms with Crippen molar-refractivity contribution in [2.75, 3.05) is 38.2 Å². The Morgan fingerprint density at radius 2 is 2.00 bits per heavy atom. The largest absolute Gasteiger partial charge is 0.453 e. The van der Waals surface area contributed by atoms with Crippen LogP contribution in [0.15, 0.2) is 6.33 Å². The van der Waals surface area contributed by atoms with Gasteiger partial charge in [-0.3, -0.25) is 4.79 Å². The molecule has 0 unspecified atom stereocenters. The molecule has 7 heteroatoms. The molecule has 1 aromatic rings. The summed E-state index contributed by atoms with van der Waals surface area (Å²) < 4.78 is 4.73. The normalized spacial score (nSPS) is 21.4. The van der Waals surface area contributed by atoms with Crippen molar-refractivity contribution >= 4 is 17.7 Å². The number of Topliss-reactive ketones (excluding diaryl/α,β-unsaturated/α-hetero) is 1. The average Bonchev–Trinajstić information content (AvgIpc) is 2.82. The van der Waals surface area contributed by atoms with Gasteiger partial charge < -0.3 is 14.5 Å². The number of fused-ring (bicyclic) bond motifs is 1. The molecule has 7 nitrogen and oxygen atoms in total. The van der Waals surface area contributed by atoms with Crippen molar-refractivity contribution in [3.63, 3.8) is 0 Å². The molecule has 1 atom stereocenters. The fourth-order valence-electron chi connectivity index (χ4n) is 3.02. The first-order valence-electron chi connectivity index (χ1n) is 7.07. The fraction of sp³-hybridized carbons (Fsp3) is 0.571. The van der Waals surface area contributed by atoms with Gasteiger partial charge in [-0.2, -0.15) is 0 Å². The highest BCUT2D eigenvalue weighted by Gasteiger charge is 2.33. The van der Waals surface area contributed by atoms with Crippen LogP contribution in [0.3, 0.4) is 0 Å². The zero-order chi connectivity index (χ0) is 15.0. The zero-order valence-electron chi connectivity index (χ0n) is 12.2. The number of carbonyl (C=O) groups is 2. The molecule has 0 aromatic carbocycles. The average molecular weight is 290 g/mol. The van der Waals surface area contributed by atoms with E-state index in [1.807, 2.05) is 6.92 Å². The number of ketones is 1. The lowest BCUT2D eigenvalue weighted by Gasteiger charge is -2.35. The lowest BCUT2D eigenvalue weighted by Crippen LogP contribution is -2.49. The number of ether oxygens (including phenoxy) is 1. The number of hydrogen-bond acceptors (Lipinski definition) is 6. The first-order chi connectivity index (χ1) is 10.1. The van der Waals surface area contributed by atoms with Crippen molar-refractivity contribution in [2.24, 2.45) is 0 Å². The number of piperazine rings is 1. The van der Waals surface area contributed by atoms with E-state index in [2.05, 4.69) is 14.9 Å². The lowest BCUT2D eigenvalue weighted by molar-refractivity contribution is 0.0986. The van der Waals surface area contributed by atoms with Crippen molar-refractivity contribution in [1.82, 2.24) is 14.9 Å². The molecule has 1 fully saturated rings. The number of aromatic nitrogens is 2. The van der Waals surface area contributed by atoms with Crippen LogP contribution in [0.1, 0.15) is 35.3 Å². The van der Waals surface area contributed by atoms with E-state index in [1.54, 1.807) is 4.90 Å². The first-order valence-corrected chi connectivity index (χ1v) is 7.07. The summed E-state index contributed by atoms with van der Waals surface area (Å²) in [6, 6.07) is 0. The second-order valence-electron chi connectivity index (χ2n) is 5.43. The van der Waals surface area contributed by atoms with Gasteiger partial charge in [-0.1, -0.05) is 6.92 Å². The summed E-state index contributed by atoms with van der Waals surface area (Å²) in [7, 11) is 1.39. The minimum atomic E-state index is -0.300. The predicted molar refractivity (Wildman–Crippen MR) is 75.6 cm³/mol. The third-order valence-electron chi connectivity index (χ3n) is 4.12. The molecule has 0 bridgehead atoms. The Morgan fingerprint density at radius 1 is 1.29 bits per heavy atom. The number of hydrogen-bond donors (Lipinski definition) is 0. The van der Waals surface area contributed by atoms with E-state index in [1.165, 1.54) is 13.4 Å². The molecule has 0 saturated carbocycles. The number of amides is 1. The van der Waals surface area contributed by atoms with Gasteiger partial charge >= 0.3 is 6.09 Å². The highest BCUT2D eigenvalue weighted by molar-refractivity contribution is 6.00. The second-order valence-corrected chi connectivity index (χ2v) is 5.43. The molecule has 0 N–H and O–H groups in total. The Morgan fingerprint density at radius 3 is 2.67 bits per heavy atom. The van der Waals surface area contributed by atoms with Crippen molar-refractivity contribution in [3.8, 4) is 0 Å². The highest BCUT2D eigenvalue weighted by Crippen LogP contribution is 2.37. The Bertz CT molecular complexity index is 582. The van der Waals surface area contributed by atoms with Gasteiger partial charge in [0.25, 0.3) is 0 Å². The summed E-state index contributed by atoms with van der Waals surface area (Å²) in [4.78, 5) is 35.7. The summed E-state index contributed by atoms with van der Waals surface area (Å²) in [5.74, 6) is 1.08. The van der Waals surface area contributed by atoms with E-state index < -0.39 is 0 Å². The molecule has 2 aliphatic rings. The maximum Gasteiger partial charge on any atom is 0.409 e. The van der Waals surface area contributed by atoms with Gasteiger partial charge in [-0.25, -0.2) is 14.8 Å². The predicted octanol–water partition coefficient (Wildman–Crippen LogP) is 1.05. The minimum absolute atomic E-state index is 0.0920. The van der Waals surface area contributed by atoms with E-state index in [0.29, 0.717) is 38.3 Å². The summed E-state index contributed by atoms with van der Waals surface area (Å²) in [6.07, 6.45) is 1.66. The topological polar surface area (TPSA) is 75.6 Å². The van der Waals surface area contributed by atoms with Gasteiger partial charge in [-0.15, -0.1) is 0 Å². The summed E-state index contributed by atoms with van der Waals surface area (Å²) in [5.41, 5.74) is 1.51. The maximum absolute atomic E-state index is 11.9. The number of rotatable bonds is 1. The third-order valence-corrected chi connectivity index (χ3v) is 4.12. The van der Waals surface area contributed by atoms with Crippen LogP contribution in [-0.4, -0.2) is 60.0 Å². The maximum atomic E-state index is 11.9. The van der Waals surface area contributed by atoms with Gasteiger partial charge in [0.15, 0.2) is 5.78 Å². The van der Waals surface area contributed by atoms with E-state index in [0.717, 1.165) is 11.4 Å². The van der Waals surface area contributed by atoms with Crippen LogP contribution in [0.2, 0.25) is 0 Å². The Kier molecular flexibility index (Phi) is 3.48. The van der Waals surface area contributed by atoms with E-state index >= 15 is 0 Å². The molecular weight excluding hydrogens is 272 g/mol. The Hall–Kier alpha value is -2.18. The number of nitrogens with zero attached hydrogens (tertiary/aromatic N) is 4. The molecule has 21 heavy (non-hydrogen) atoms. The standard InChI is InChI=1S/C14H18N4O3/c1-9-7-10(19)12-11(9)13(16-8-15-12)17-3-5-18(6-4-17)14(20)21-2/h8-9H,3-7H2,1-2H3/t9-/m0/s1. The number of methoxy groups -OCH3 is 1. The monoisotopic (exact) mass is 290 g/mol. The van der Waals surface area contributed by atoms with Crippen molar-refractivity contribution in [1.29, 1.82) is 0 Å². The van der Waals surface area contributed by atoms with Crippen LogP contribution in [0.4, 0.5) is 10.6 Å². The van der Waals surface area contributed by atoms with Crippen LogP contribution in [-0.2, 0) is 4.74 Å². The highest BCUT2D eigenvalue weighted by atomic mass is 16.5. The van der Waals surface area contributed by atoms with Crippen molar-refractivity contribution in [3.05, 3.63) is 17.6 Å². The number of anilines is 1. The quantitative estimate of drug-likeness (QED) is 0.769. The lowest BCUT2D eigenvalue weighted by atomic mass is 10.1. The SMILES string of the molecule is COC(=O)N1CCN(c2ncnc3c2[C@@H](C)CC3=O)CC1. The van der Waals surface area contributed by atoms with Gasteiger partial charge in [0.1, 0.15) is 17.8 Å². The smallest absolute Gasteiger partial charge is 0.409 e. The third kappa shape index (κ3) is 2.32. The molecular formula is C14H18N4O3. The molecule has 2 heterocycles. The molecule has 1 amide bonds. The molecule has 112 valence electrons. The van der Waals surface area contributed by atoms with Gasteiger partial charge in [0.2, 0.25) is 0 Å². The molecule has 1 aliphatic carbocycles. The first kappa shape index (κ1) is 13.8. The fourth-order valence-corrected chi connectivity index (χ4v) is 3.02.